The van der Waals surface area contributed by atoms with Crippen LogP contribution in [-0.4, -0.2) is 19.2 Å². The quantitative estimate of drug-likeness (QED) is 0.747. The summed E-state index contributed by atoms with van der Waals surface area (Å²) in [6.07, 6.45) is 3.29. The third-order valence-electron chi connectivity index (χ3n) is 5.34. The maximum atomic E-state index is 12.9. The Kier molecular flexibility index (Phi) is 5.85. The van der Waals surface area contributed by atoms with E-state index in [0.717, 1.165) is 18.4 Å². The average molecular weight is 318 g/mol. The first-order valence-electron chi connectivity index (χ1n) is 8.70. The van der Waals surface area contributed by atoms with Gasteiger partial charge >= 0.3 is 5.97 Å². The van der Waals surface area contributed by atoms with Crippen LogP contribution in [0.2, 0.25) is 0 Å². The number of carbonyl (C=O) groups excluding carboxylic acids is 1. The van der Waals surface area contributed by atoms with Crippen molar-refractivity contribution in [2.24, 2.45) is 17.8 Å². The topological polar surface area (TPSA) is 35.5 Å². The lowest BCUT2D eigenvalue weighted by molar-refractivity contribution is -0.180. The second-order valence-corrected chi connectivity index (χ2v) is 7.37. The molecule has 0 N–H and O–H groups in total. The first-order valence-corrected chi connectivity index (χ1v) is 8.70. The molecule has 0 heterocycles. The van der Waals surface area contributed by atoms with Crippen LogP contribution in [0.4, 0.5) is 0 Å². The van der Waals surface area contributed by atoms with Crippen LogP contribution in [0.3, 0.4) is 0 Å². The van der Waals surface area contributed by atoms with Gasteiger partial charge in [-0.2, -0.15) is 0 Å². The number of ether oxygens (including phenoxy) is 2. The zero-order valence-electron chi connectivity index (χ0n) is 15.0. The number of hydrogen-bond acceptors (Lipinski definition) is 3. The molecule has 128 valence electrons. The summed E-state index contributed by atoms with van der Waals surface area (Å²) in [4.78, 5) is 12.9. The molecule has 0 amide bonds. The molecular formula is C20H30O3. The van der Waals surface area contributed by atoms with Crippen LogP contribution < -0.4 is 0 Å². The summed E-state index contributed by atoms with van der Waals surface area (Å²) in [5.74, 6) is 1.28. The Bertz CT molecular complexity index is 511. The second-order valence-electron chi connectivity index (χ2n) is 7.37. The van der Waals surface area contributed by atoms with Crippen molar-refractivity contribution in [1.82, 2.24) is 0 Å². The van der Waals surface area contributed by atoms with E-state index >= 15 is 0 Å². The number of carbonyl (C=O) groups is 1. The molecule has 4 atom stereocenters. The van der Waals surface area contributed by atoms with E-state index in [2.05, 4.69) is 20.8 Å². The van der Waals surface area contributed by atoms with Gasteiger partial charge in [0.05, 0.1) is 0 Å². The van der Waals surface area contributed by atoms with Gasteiger partial charge < -0.3 is 9.47 Å². The first-order chi connectivity index (χ1) is 10.9. The number of rotatable bonds is 5. The van der Waals surface area contributed by atoms with E-state index in [4.69, 9.17) is 9.47 Å². The minimum Gasteiger partial charge on any atom is -0.460 e. The van der Waals surface area contributed by atoms with Crippen LogP contribution in [-0.2, 0) is 19.9 Å². The van der Waals surface area contributed by atoms with Crippen molar-refractivity contribution in [1.29, 1.82) is 0 Å². The maximum absolute atomic E-state index is 12.9. The molecule has 3 nitrogen and oxygen atoms in total. The third-order valence-corrected chi connectivity index (χ3v) is 5.34. The van der Waals surface area contributed by atoms with E-state index in [1.807, 2.05) is 30.3 Å². The Morgan fingerprint density at radius 1 is 1.22 bits per heavy atom. The second kappa shape index (κ2) is 7.48. The normalized spacial score (nSPS) is 27.5. The molecule has 1 aromatic rings. The Morgan fingerprint density at radius 2 is 1.87 bits per heavy atom. The molecule has 0 bridgehead atoms. The van der Waals surface area contributed by atoms with Gasteiger partial charge in [0.25, 0.3) is 0 Å². The van der Waals surface area contributed by atoms with Gasteiger partial charge in [0.1, 0.15) is 6.10 Å². The van der Waals surface area contributed by atoms with Crippen molar-refractivity contribution in [3.63, 3.8) is 0 Å². The molecule has 0 unspecified atom stereocenters. The molecule has 3 heteroatoms. The highest BCUT2D eigenvalue weighted by atomic mass is 16.6. The van der Waals surface area contributed by atoms with Gasteiger partial charge in [-0.05, 0) is 43.1 Å². The summed E-state index contributed by atoms with van der Waals surface area (Å²) < 4.78 is 11.6. The fraction of sp³-hybridized carbons (Fsp3) is 0.650. The van der Waals surface area contributed by atoms with Gasteiger partial charge in [-0.3, -0.25) is 0 Å². The number of hydrogen-bond donors (Lipinski definition) is 0. The molecule has 0 saturated heterocycles. The molecule has 0 radical (unpaired) electrons. The van der Waals surface area contributed by atoms with Crippen LogP contribution in [0.5, 0.6) is 0 Å². The largest absolute Gasteiger partial charge is 0.460 e. The van der Waals surface area contributed by atoms with E-state index < -0.39 is 5.60 Å². The maximum Gasteiger partial charge on any atom is 0.343 e. The average Bonchev–Trinajstić information content (AvgIpc) is 2.54. The van der Waals surface area contributed by atoms with Gasteiger partial charge in [-0.1, -0.05) is 57.5 Å². The minimum atomic E-state index is -1.05. The van der Waals surface area contributed by atoms with Crippen molar-refractivity contribution in [2.75, 3.05) is 7.11 Å². The lowest BCUT2D eigenvalue weighted by Crippen LogP contribution is -2.43. The predicted octanol–water partition coefficient (Wildman–Crippen LogP) is 4.55. The summed E-state index contributed by atoms with van der Waals surface area (Å²) in [6, 6.07) is 9.59. The Hall–Kier alpha value is -1.35. The lowest BCUT2D eigenvalue weighted by Gasteiger charge is -2.38. The molecule has 1 aliphatic carbocycles. The van der Waals surface area contributed by atoms with Gasteiger partial charge in [0, 0.05) is 7.11 Å². The zero-order chi connectivity index (χ0) is 17.0. The lowest BCUT2D eigenvalue weighted by atomic mass is 9.75. The highest BCUT2D eigenvalue weighted by Crippen LogP contribution is 2.37. The smallest absolute Gasteiger partial charge is 0.343 e. The van der Waals surface area contributed by atoms with Crippen LogP contribution >= 0.6 is 0 Å². The summed E-state index contributed by atoms with van der Waals surface area (Å²) in [5.41, 5.74) is -0.221. The molecule has 1 aliphatic rings. The summed E-state index contributed by atoms with van der Waals surface area (Å²) in [7, 11) is 1.57. The van der Waals surface area contributed by atoms with Gasteiger partial charge in [0.2, 0.25) is 0 Å². The van der Waals surface area contributed by atoms with Crippen molar-refractivity contribution in [3.8, 4) is 0 Å². The molecule has 2 rings (SSSR count). The van der Waals surface area contributed by atoms with Crippen LogP contribution in [0.25, 0.3) is 0 Å². The molecule has 0 aromatic heterocycles. The first kappa shape index (κ1) is 18.0. The van der Waals surface area contributed by atoms with Gasteiger partial charge in [0.15, 0.2) is 5.60 Å². The Morgan fingerprint density at radius 3 is 2.43 bits per heavy atom. The van der Waals surface area contributed by atoms with Crippen molar-refractivity contribution < 1.29 is 14.3 Å². The SMILES string of the molecule is CO[C@](C)(C(=O)O[C@@H]1C[C@H](C)CC[C@H]1C(C)C)c1ccccc1. The molecule has 1 saturated carbocycles. The van der Waals surface area contributed by atoms with E-state index in [9.17, 15) is 4.79 Å². The Balaban J connectivity index is 2.17. The monoisotopic (exact) mass is 318 g/mol. The van der Waals surface area contributed by atoms with Crippen LogP contribution in [0.1, 0.15) is 52.5 Å². The van der Waals surface area contributed by atoms with Crippen LogP contribution in [0.15, 0.2) is 30.3 Å². The van der Waals surface area contributed by atoms with E-state index in [0.29, 0.717) is 17.8 Å². The molecular weight excluding hydrogens is 288 g/mol. The minimum absolute atomic E-state index is 0.00978. The van der Waals surface area contributed by atoms with Gasteiger partial charge in [-0.25, -0.2) is 4.79 Å². The standard InChI is InChI=1S/C20H30O3/c1-14(2)17-12-11-15(3)13-18(17)23-19(21)20(4,22-5)16-9-7-6-8-10-16/h6-10,14-15,17-18H,11-13H2,1-5H3/t15-,17+,18-,20+/m1/s1. The summed E-state index contributed by atoms with van der Waals surface area (Å²) in [6.45, 7) is 8.47. The van der Waals surface area contributed by atoms with Crippen LogP contribution in [0, 0.1) is 17.8 Å². The fourth-order valence-electron chi connectivity index (χ4n) is 3.58. The number of methoxy groups -OCH3 is 1. The highest BCUT2D eigenvalue weighted by Gasteiger charge is 2.41. The number of esters is 1. The molecule has 0 aliphatic heterocycles. The highest BCUT2D eigenvalue weighted by molar-refractivity contribution is 5.81. The van der Waals surface area contributed by atoms with Crippen molar-refractivity contribution in [2.45, 2.75) is 58.7 Å². The number of benzene rings is 1. The zero-order valence-corrected chi connectivity index (χ0v) is 15.0. The predicted molar refractivity (Wildman–Crippen MR) is 92.0 cm³/mol. The molecule has 0 spiro atoms. The van der Waals surface area contributed by atoms with Gasteiger partial charge in [-0.15, -0.1) is 0 Å². The summed E-state index contributed by atoms with van der Waals surface area (Å²) >= 11 is 0. The molecule has 23 heavy (non-hydrogen) atoms. The van der Waals surface area contributed by atoms with Crippen molar-refractivity contribution >= 4 is 5.97 Å². The van der Waals surface area contributed by atoms with E-state index in [1.54, 1.807) is 14.0 Å². The van der Waals surface area contributed by atoms with Crippen molar-refractivity contribution in [3.05, 3.63) is 35.9 Å². The molecule has 1 fully saturated rings. The molecule has 1 aromatic carbocycles. The fourth-order valence-corrected chi connectivity index (χ4v) is 3.58. The van der Waals surface area contributed by atoms with E-state index in [-0.39, 0.29) is 12.1 Å². The third kappa shape index (κ3) is 3.95. The Labute approximate surface area is 140 Å². The summed E-state index contributed by atoms with van der Waals surface area (Å²) in [5, 5.41) is 0. The van der Waals surface area contributed by atoms with E-state index in [1.165, 1.54) is 6.42 Å².